The molecule has 0 atom stereocenters. The smallest absolute Gasteiger partial charge is 0.175 e. The Morgan fingerprint density at radius 3 is 2.76 bits per heavy atom. The molecular formula is C14H18ClN3O2S. The van der Waals surface area contributed by atoms with Crippen molar-refractivity contribution in [3.05, 3.63) is 47.0 Å². The lowest BCUT2D eigenvalue weighted by Gasteiger charge is -2.11. The van der Waals surface area contributed by atoms with Crippen molar-refractivity contribution in [2.75, 3.05) is 12.8 Å². The number of aryl methyl sites for hydroxylation is 1. The van der Waals surface area contributed by atoms with Crippen LogP contribution in [0.25, 0.3) is 0 Å². The standard InChI is InChI=1S/C14H18ClN3O2S/c1-18-9-8-17-14(18)6-7-16-10-11-12(15)4-3-5-13(11)21(2,19)20/h3-5,8-9,16H,6-7,10H2,1-2H3. The molecule has 0 aliphatic carbocycles. The molecular weight excluding hydrogens is 310 g/mol. The summed E-state index contributed by atoms with van der Waals surface area (Å²) in [5, 5.41) is 3.68. The fourth-order valence-electron chi connectivity index (χ4n) is 2.11. The van der Waals surface area contributed by atoms with Crippen molar-refractivity contribution in [3.63, 3.8) is 0 Å². The summed E-state index contributed by atoms with van der Waals surface area (Å²) in [6, 6.07) is 4.93. The maximum absolute atomic E-state index is 11.8. The van der Waals surface area contributed by atoms with Crippen LogP contribution in [0.5, 0.6) is 0 Å². The van der Waals surface area contributed by atoms with Gasteiger partial charge in [0.1, 0.15) is 5.82 Å². The summed E-state index contributed by atoms with van der Waals surface area (Å²) < 4.78 is 25.5. The Labute approximate surface area is 129 Å². The number of hydrogen-bond acceptors (Lipinski definition) is 4. The predicted octanol–water partition coefficient (Wildman–Crippen LogP) is 1.81. The average Bonchev–Trinajstić information content (AvgIpc) is 2.80. The summed E-state index contributed by atoms with van der Waals surface area (Å²) in [5.41, 5.74) is 0.613. The summed E-state index contributed by atoms with van der Waals surface area (Å²) in [7, 11) is -1.34. The second-order valence-electron chi connectivity index (χ2n) is 4.87. The van der Waals surface area contributed by atoms with Crippen LogP contribution in [0.4, 0.5) is 0 Å². The van der Waals surface area contributed by atoms with Crippen molar-refractivity contribution in [2.45, 2.75) is 17.9 Å². The Morgan fingerprint density at radius 2 is 2.14 bits per heavy atom. The molecule has 2 aromatic rings. The highest BCUT2D eigenvalue weighted by Gasteiger charge is 2.15. The zero-order valence-electron chi connectivity index (χ0n) is 12.0. The van der Waals surface area contributed by atoms with E-state index in [0.717, 1.165) is 12.2 Å². The zero-order chi connectivity index (χ0) is 15.5. The normalized spacial score (nSPS) is 11.8. The molecule has 0 saturated heterocycles. The number of nitrogens with one attached hydrogen (secondary N) is 1. The van der Waals surface area contributed by atoms with Gasteiger partial charge in [0.2, 0.25) is 0 Å². The highest BCUT2D eigenvalue weighted by Crippen LogP contribution is 2.23. The number of aromatic nitrogens is 2. The summed E-state index contributed by atoms with van der Waals surface area (Å²) in [4.78, 5) is 4.51. The molecule has 1 heterocycles. The molecule has 0 fully saturated rings. The maximum atomic E-state index is 11.8. The van der Waals surface area contributed by atoms with Gasteiger partial charge < -0.3 is 9.88 Å². The van der Waals surface area contributed by atoms with Gasteiger partial charge in [-0.1, -0.05) is 17.7 Å². The van der Waals surface area contributed by atoms with Crippen LogP contribution in [-0.2, 0) is 29.9 Å². The van der Waals surface area contributed by atoms with E-state index >= 15 is 0 Å². The summed E-state index contributed by atoms with van der Waals surface area (Å²) >= 11 is 6.12. The van der Waals surface area contributed by atoms with Crippen molar-refractivity contribution < 1.29 is 8.42 Å². The number of rotatable bonds is 6. The van der Waals surface area contributed by atoms with Crippen LogP contribution >= 0.6 is 11.6 Å². The lowest BCUT2D eigenvalue weighted by molar-refractivity contribution is 0.597. The molecule has 0 aliphatic heterocycles. The van der Waals surface area contributed by atoms with Crippen LogP contribution in [0.1, 0.15) is 11.4 Å². The van der Waals surface area contributed by atoms with Crippen molar-refractivity contribution >= 4 is 21.4 Å². The first kappa shape index (κ1) is 16.0. The highest BCUT2D eigenvalue weighted by molar-refractivity contribution is 7.90. The van der Waals surface area contributed by atoms with E-state index in [-0.39, 0.29) is 4.90 Å². The van der Waals surface area contributed by atoms with Gasteiger partial charge in [0.25, 0.3) is 0 Å². The van der Waals surface area contributed by atoms with Gasteiger partial charge >= 0.3 is 0 Å². The summed E-state index contributed by atoms with van der Waals surface area (Å²) in [6.45, 7) is 1.10. The number of nitrogens with zero attached hydrogens (tertiary/aromatic N) is 2. The monoisotopic (exact) mass is 327 g/mol. The number of imidazole rings is 1. The molecule has 0 aliphatic rings. The summed E-state index contributed by atoms with van der Waals surface area (Å²) in [6.07, 6.45) is 5.61. The highest BCUT2D eigenvalue weighted by atomic mass is 35.5. The van der Waals surface area contributed by atoms with Gasteiger partial charge in [0, 0.05) is 55.8 Å². The van der Waals surface area contributed by atoms with E-state index < -0.39 is 9.84 Å². The Morgan fingerprint density at radius 1 is 1.38 bits per heavy atom. The minimum atomic E-state index is -3.28. The molecule has 1 aromatic heterocycles. The van der Waals surface area contributed by atoms with Gasteiger partial charge in [-0.25, -0.2) is 13.4 Å². The molecule has 5 nitrogen and oxygen atoms in total. The molecule has 21 heavy (non-hydrogen) atoms. The molecule has 1 aromatic carbocycles. The average molecular weight is 328 g/mol. The Bertz CT molecular complexity index is 726. The summed E-state index contributed by atoms with van der Waals surface area (Å²) in [5.74, 6) is 0.977. The number of halogens is 1. The fourth-order valence-corrected chi connectivity index (χ4v) is 3.36. The minimum absolute atomic E-state index is 0.277. The minimum Gasteiger partial charge on any atom is -0.338 e. The topological polar surface area (TPSA) is 64.0 Å². The van der Waals surface area contributed by atoms with Crippen molar-refractivity contribution in [2.24, 2.45) is 7.05 Å². The van der Waals surface area contributed by atoms with Crippen molar-refractivity contribution in [1.29, 1.82) is 0 Å². The molecule has 0 saturated carbocycles. The predicted molar refractivity (Wildman–Crippen MR) is 83.2 cm³/mol. The Kier molecular flexibility index (Phi) is 5.03. The van der Waals surface area contributed by atoms with E-state index in [1.807, 2.05) is 17.8 Å². The second kappa shape index (κ2) is 6.60. The molecule has 0 bridgehead atoms. The SMILES string of the molecule is Cn1ccnc1CCNCc1c(Cl)cccc1S(C)(=O)=O. The third kappa shape index (κ3) is 4.06. The lowest BCUT2D eigenvalue weighted by Crippen LogP contribution is -2.20. The first-order valence-corrected chi connectivity index (χ1v) is 8.81. The van der Waals surface area contributed by atoms with Gasteiger partial charge in [0.15, 0.2) is 9.84 Å². The van der Waals surface area contributed by atoms with Crippen LogP contribution < -0.4 is 5.32 Å². The van der Waals surface area contributed by atoms with Crippen LogP contribution in [0, 0.1) is 0 Å². The molecule has 114 valence electrons. The van der Waals surface area contributed by atoms with Gasteiger partial charge in [-0.05, 0) is 12.1 Å². The number of hydrogen-bond donors (Lipinski definition) is 1. The van der Waals surface area contributed by atoms with Gasteiger partial charge in [-0.3, -0.25) is 0 Å². The van der Waals surface area contributed by atoms with Gasteiger partial charge in [0.05, 0.1) is 4.90 Å². The molecule has 0 spiro atoms. The third-order valence-electron chi connectivity index (χ3n) is 3.22. The van der Waals surface area contributed by atoms with Crippen LogP contribution in [0.2, 0.25) is 5.02 Å². The van der Waals surface area contributed by atoms with E-state index in [0.29, 0.717) is 23.7 Å². The molecule has 0 unspecified atom stereocenters. The van der Waals surface area contributed by atoms with E-state index in [4.69, 9.17) is 11.6 Å². The van der Waals surface area contributed by atoms with Crippen molar-refractivity contribution in [3.8, 4) is 0 Å². The lowest BCUT2D eigenvalue weighted by atomic mass is 10.2. The van der Waals surface area contributed by atoms with Crippen molar-refractivity contribution in [1.82, 2.24) is 14.9 Å². The van der Waals surface area contributed by atoms with Gasteiger partial charge in [-0.2, -0.15) is 0 Å². The van der Waals surface area contributed by atoms with Crippen LogP contribution in [-0.4, -0.2) is 30.8 Å². The maximum Gasteiger partial charge on any atom is 0.175 e. The third-order valence-corrected chi connectivity index (χ3v) is 4.76. The Balaban J connectivity index is 2.02. The first-order valence-electron chi connectivity index (χ1n) is 6.54. The zero-order valence-corrected chi connectivity index (χ0v) is 13.6. The quantitative estimate of drug-likeness (QED) is 0.822. The van der Waals surface area contributed by atoms with E-state index in [1.165, 1.54) is 6.26 Å². The molecule has 7 heteroatoms. The van der Waals surface area contributed by atoms with Crippen LogP contribution in [0.3, 0.4) is 0 Å². The molecule has 1 N–H and O–H groups in total. The Hall–Kier alpha value is -1.37. The van der Waals surface area contributed by atoms with Crippen LogP contribution in [0.15, 0.2) is 35.5 Å². The number of benzene rings is 1. The van der Waals surface area contributed by atoms with Gasteiger partial charge in [-0.15, -0.1) is 0 Å². The largest absolute Gasteiger partial charge is 0.338 e. The van der Waals surface area contributed by atoms with E-state index in [9.17, 15) is 8.42 Å². The first-order chi connectivity index (χ1) is 9.89. The molecule has 2 rings (SSSR count). The molecule has 0 amide bonds. The molecule has 0 radical (unpaired) electrons. The fraction of sp³-hybridized carbons (Fsp3) is 0.357. The van der Waals surface area contributed by atoms with E-state index in [1.54, 1.807) is 24.4 Å². The van der Waals surface area contributed by atoms with E-state index in [2.05, 4.69) is 10.3 Å². The number of sulfone groups is 1. The second-order valence-corrected chi connectivity index (χ2v) is 7.26.